The van der Waals surface area contributed by atoms with Gasteiger partial charge in [0.15, 0.2) is 0 Å². The third kappa shape index (κ3) is 2.61. The number of anilines is 1. The smallest absolute Gasteiger partial charge is 0.126 e. The fraction of sp³-hybridized carbons (Fsp3) is 0.300. The summed E-state index contributed by atoms with van der Waals surface area (Å²) in [5.41, 5.74) is 9.58. The highest BCUT2D eigenvalue weighted by molar-refractivity contribution is 7.16. The minimum Gasteiger partial charge on any atom is -0.384 e. The van der Waals surface area contributed by atoms with Gasteiger partial charge >= 0.3 is 0 Å². The average Bonchev–Trinajstić information content (AvgIpc) is 2.85. The molecule has 17 heavy (non-hydrogen) atoms. The molecular formula is C10H14ClN5S. The SMILES string of the molecule is Cn1ncc(C(Cc2ccc(Cl)s2)NN)c1N. The molecule has 0 aliphatic heterocycles. The zero-order valence-corrected chi connectivity index (χ0v) is 10.9. The van der Waals surface area contributed by atoms with E-state index in [4.69, 9.17) is 23.2 Å². The maximum Gasteiger partial charge on any atom is 0.126 e. The zero-order valence-electron chi connectivity index (χ0n) is 9.35. The van der Waals surface area contributed by atoms with Crippen LogP contribution in [0.1, 0.15) is 16.5 Å². The predicted octanol–water partition coefficient (Wildman–Crippen LogP) is 1.46. The van der Waals surface area contributed by atoms with Crippen molar-refractivity contribution in [3.8, 4) is 0 Å². The molecule has 92 valence electrons. The topological polar surface area (TPSA) is 81.9 Å². The number of aromatic nitrogens is 2. The molecule has 2 heterocycles. The Kier molecular flexibility index (Phi) is 3.68. The second kappa shape index (κ2) is 5.05. The Labute approximate surface area is 108 Å². The summed E-state index contributed by atoms with van der Waals surface area (Å²) < 4.78 is 2.40. The lowest BCUT2D eigenvalue weighted by Crippen LogP contribution is -2.29. The van der Waals surface area contributed by atoms with E-state index in [0.717, 1.165) is 21.2 Å². The summed E-state index contributed by atoms with van der Waals surface area (Å²) in [4.78, 5) is 1.15. The molecular weight excluding hydrogens is 258 g/mol. The summed E-state index contributed by atoms with van der Waals surface area (Å²) >= 11 is 7.43. The van der Waals surface area contributed by atoms with Crippen molar-refractivity contribution in [3.63, 3.8) is 0 Å². The number of nitrogens with zero attached hydrogens (tertiary/aromatic N) is 2. The Morgan fingerprint density at radius 2 is 2.35 bits per heavy atom. The average molecular weight is 272 g/mol. The van der Waals surface area contributed by atoms with Gasteiger partial charge in [-0.3, -0.25) is 16.0 Å². The van der Waals surface area contributed by atoms with Gasteiger partial charge < -0.3 is 5.73 Å². The van der Waals surface area contributed by atoms with E-state index in [2.05, 4.69) is 10.5 Å². The van der Waals surface area contributed by atoms with Crippen LogP contribution >= 0.6 is 22.9 Å². The molecule has 0 aliphatic carbocycles. The molecule has 2 aromatic heterocycles. The summed E-state index contributed by atoms with van der Waals surface area (Å²) in [6.45, 7) is 0. The summed E-state index contributed by atoms with van der Waals surface area (Å²) in [7, 11) is 1.80. The fourth-order valence-corrected chi connectivity index (χ4v) is 2.79. The van der Waals surface area contributed by atoms with Crippen LogP contribution in [0.2, 0.25) is 4.34 Å². The van der Waals surface area contributed by atoms with Crippen LogP contribution in [0.5, 0.6) is 0 Å². The number of hydrazine groups is 1. The van der Waals surface area contributed by atoms with Gasteiger partial charge in [0.1, 0.15) is 5.82 Å². The molecule has 2 rings (SSSR count). The molecule has 0 amide bonds. The molecule has 2 aromatic rings. The van der Waals surface area contributed by atoms with Crippen LogP contribution in [-0.4, -0.2) is 9.78 Å². The monoisotopic (exact) mass is 271 g/mol. The number of nitrogens with two attached hydrogens (primary N) is 2. The second-order valence-electron chi connectivity index (χ2n) is 3.74. The van der Waals surface area contributed by atoms with E-state index >= 15 is 0 Å². The maximum absolute atomic E-state index is 5.92. The Morgan fingerprint density at radius 1 is 1.59 bits per heavy atom. The number of hydrogen-bond acceptors (Lipinski definition) is 5. The summed E-state index contributed by atoms with van der Waals surface area (Å²) in [6, 6.07) is 3.81. The fourth-order valence-electron chi connectivity index (χ4n) is 1.65. The van der Waals surface area contributed by atoms with E-state index in [-0.39, 0.29) is 6.04 Å². The van der Waals surface area contributed by atoms with E-state index in [1.54, 1.807) is 29.3 Å². The highest BCUT2D eigenvalue weighted by Crippen LogP contribution is 2.28. The second-order valence-corrected chi connectivity index (χ2v) is 5.54. The number of hydrogen-bond donors (Lipinski definition) is 3. The highest BCUT2D eigenvalue weighted by atomic mass is 35.5. The third-order valence-corrected chi connectivity index (χ3v) is 3.88. The molecule has 0 saturated carbocycles. The van der Waals surface area contributed by atoms with Gasteiger partial charge in [0.05, 0.1) is 16.6 Å². The van der Waals surface area contributed by atoms with Crippen molar-refractivity contribution in [2.45, 2.75) is 12.5 Å². The van der Waals surface area contributed by atoms with Gasteiger partial charge in [0.25, 0.3) is 0 Å². The van der Waals surface area contributed by atoms with E-state index < -0.39 is 0 Å². The third-order valence-electron chi connectivity index (χ3n) is 2.63. The summed E-state index contributed by atoms with van der Waals surface area (Å²) in [6.07, 6.45) is 2.47. The first-order valence-electron chi connectivity index (χ1n) is 5.09. The van der Waals surface area contributed by atoms with Crippen LogP contribution < -0.4 is 17.0 Å². The van der Waals surface area contributed by atoms with E-state index in [1.165, 1.54) is 0 Å². The van der Waals surface area contributed by atoms with Gasteiger partial charge in [0.2, 0.25) is 0 Å². The normalized spacial score (nSPS) is 12.9. The van der Waals surface area contributed by atoms with Gasteiger partial charge in [0, 0.05) is 23.9 Å². The Morgan fingerprint density at radius 3 is 2.82 bits per heavy atom. The molecule has 0 spiro atoms. The van der Waals surface area contributed by atoms with Crippen molar-refractivity contribution in [1.82, 2.24) is 15.2 Å². The first-order valence-corrected chi connectivity index (χ1v) is 6.29. The molecule has 1 atom stereocenters. The minimum atomic E-state index is -0.0570. The molecule has 1 unspecified atom stereocenters. The highest BCUT2D eigenvalue weighted by Gasteiger charge is 2.17. The molecule has 5 nitrogen and oxygen atoms in total. The molecule has 7 heteroatoms. The molecule has 0 saturated heterocycles. The Balaban J connectivity index is 2.19. The van der Waals surface area contributed by atoms with Crippen molar-refractivity contribution in [2.75, 3.05) is 5.73 Å². The van der Waals surface area contributed by atoms with Gasteiger partial charge in [-0.1, -0.05) is 11.6 Å². The van der Waals surface area contributed by atoms with Crippen LogP contribution in [0.3, 0.4) is 0 Å². The number of rotatable bonds is 4. The lowest BCUT2D eigenvalue weighted by Gasteiger charge is -2.14. The van der Waals surface area contributed by atoms with Crippen molar-refractivity contribution in [1.29, 1.82) is 0 Å². The van der Waals surface area contributed by atoms with Crippen LogP contribution in [0.4, 0.5) is 5.82 Å². The molecule has 0 radical (unpaired) electrons. The lowest BCUT2D eigenvalue weighted by molar-refractivity contribution is 0.557. The van der Waals surface area contributed by atoms with Gasteiger partial charge in [-0.15, -0.1) is 11.3 Å². The summed E-state index contributed by atoms with van der Waals surface area (Å²) in [5.74, 6) is 6.19. The van der Waals surface area contributed by atoms with Crippen molar-refractivity contribution in [2.24, 2.45) is 12.9 Å². The zero-order chi connectivity index (χ0) is 12.4. The summed E-state index contributed by atoms with van der Waals surface area (Å²) in [5, 5.41) is 4.11. The molecule has 0 aromatic carbocycles. The van der Waals surface area contributed by atoms with E-state index in [0.29, 0.717) is 5.82 Å². The van der Waals surface area contributed by atoms with Crippen molar-refractivity contribution < 1.29 is 0 Å². The number of nitrogens with one attached hydrogen (secondary N) is 1. The molecule has 0 fully saturated rings. The van der Waals surface area contributed by atoms with Crippen LogP contribution in [-0.2, 0) is 13.5 Å². The van der Waals surface area contributed by atoms with E-state index in [9.17, 15) is 0 Å². The quantitative estimate of drug-likeness (QED) is 0.581. The Bertz CT molecular complexity index is 507. The maximum atomic E-state index is 5.92. The largest absolute Gasteiger partial charge is 0.384 e. The van der Waals surface area contributed by atoms with Crippen LogP contribution in [0, 0.1) is 0 Å². The molecule has 0 aliphatic rings. The van der Waals surface area contributed by atoms with Gasteiger partial charge in [-0.2, -0.15) is 5.10 Å². The number of thiophene rings is 1. The molecule has 5 N–H and O–H groups in total. The number of aryl methyl sites for hydroxylation is 1. The first kappa shape index (κ1) is 12.4. The number of halogens is 1. The first-order chi connectivity index (χ1) is 8.11. The molecule has 0 bridgehead atoms. The standard InChI is InChI=1S/C10H14ClN5S/c1-16-10(12)7(5-14-16)8(15-13)4-6-2-3-9(11)17-6/h2-3,5,8,15H,4,12-13H2,1H3. The van der Waals surface area contributed by atoms with Crippen molar-refractivity contribution in [3.05, 3.63) is 33.1 Å². The number of nitrogen functional groups attached to an aromatic ring is 1. The predicted molar refractivity (Wildman–Crippen MR) is 70.7 cm³/mol. The van der Waals surface area contributed by atoms with Crippen molar-refractivity contribution >= 4 is 28.8 Å². The van der Waals surface area contributed by atoms with Gasteiger partial charge in [-0.25, -0.2) is 0 Å². The van der Waals surface area contributed by atoms with Crippen LogP contribution in [0.25, 0.3) is 0 Å². The van der Waals surface area contributed by atoms with E-state index in [1.807, 2.05) is 12.1 Å². The lowest BCUT2D eigenvalue weighted by atomic mass is 10.1. The van der Waals surface area contributed by atoms with Crippen LogP contribution in [0.15, 0.2) is 18.3 Å². The minimum absolute atomic E-state index is 0.0570. The van der Waals surface area contributed by atoms with Gasteiger partial charge in [-0.05, 0) is 12.1 Å². The Hall–Kier alpha value is -1.08.